The summed E-state index contributed by atoms with van der Waals surface area (Å²) in [6.07, 6.45) is 5.32. The van der Waals surface area contributed by atoms with Crippen LogP contribution in [0.3, 0.4) is 0 Å². The van der Waals surface area contributed by atoms with Gasteiger partial charge in [-0.15, -0.1) is 0 Å². The predicted octanol–water partition coefficient (Wildman–Crippen LogP) is 4.20. The number of fused-ring (bicyclic) bond motifs is 1. The van der Waals surface area contributed by atoms with Crippen LogP contribution in [0, 0.1) is 0 Å². The molecule has 3 aromatic rings. The minimum Gasteiger partial charge on any atom is -0.340 e. The molecule has 0 spiro atoms. The molecule has 9 heteroatoms. The Bertz CT molecular complexity index is 1080. The first-order valence-corrected chi connectivity index (χ1v) is 11.5. The molecule has 176 valence electrons. The van der Waals surface area contributed by atoms with E-state index in [0.717, 1.165) is 49.1 Å². The fraction of sp³-hybridized carbons (Fsp3) is 0.417. The highest BCUT2D eigenvalue weighted by molar-refractivity contribution is 5.93. The van der Waals surface area contributed by atoms with Gasteiger partial charge in [0.1, 0.15) is 18.0 Å². The van der Waals surface area contributed by atoms with Crippen LogP contribution < -0.4 is 16.0 Å². The Morgan fingerprint density at radius 2 is 1.82 bits per heavy atom. The maximum absolute atomic E-state index is 12.3. The Morgan fingerprint density at radius 1 is 1.03 bits per heavy atom. The van der Waals surface area contributed by atoms with Crippen LogP contribution in [-0.4, -0.2) is 57.6 Å². The summed E-state index contributed by atoms with van der Waals surface area (Å²) in [4.78, 5) is 35.3. The zero-order valence-electron chi connectivity index (χ0n) is 19.6. The van der Waals surface area contributed by atoms with Crippen molar-refractivity contribution in [3.05, 3.63) is 42.9 Å². The molecule has 0 atom stereocenters. The summed E-state index contributed by atoms with van der Waals surface area (Å²) in [5.74, 6) is 0.971. The third kappa shape index (κ3) is 6.76. The molecular formula is C24H33N7O2. The number of hydrogen-bond acceptors (Lipinski definition) is 6. The van der Waals surface area contributed by atoms with Crippen molar-refractivity contribution >= 4 is 40.2 Å². The first-order valence-electron chi connectivity index (χ1n) is 11.5. The van der Waals surface area contributed by atoms with E-state index in [4.69, 9.17) is 0 Å². The van der Waals surface area contributed by atoms with E-state index in [1.54, 1.807) is 16.8 Å². The molecule has 0 aliphatic rings. The molecule has 0 aliphatic heterocycles. The zero-order chi connectivity index (χ0) is 23.6. The molecule has 0 fully saturated rings. The second kappa shape index (κ2) is 12.0. The third-order valence-corrected chi connectivity index (χ3v) is 5.41. The Hall–Kier alpha value is -3.46. The number of hydrogen-bond donors (Lipinski definition) is 3. The number of amides is 2. The summed E-state index contributed by atoms with van der Waals surface area (Å²) in [6.45, 7) is 9.78. The van der Waals surface area contributed by atoms with Crippen molar-refractivity contribution in [1.82, 2.24) is 24.8 Å². The highest BCUT2D eigenvalue weighted by Crippen LogP contribution is 2.23. The van der Waals surface area contributed by atoms with E-state index in [9.17, 15) is 9.59 Å². The van der Waals surface area contributed by atoms with Gasteiger partial charge < -0.3 is 20.9 Å². The van der Waals surface area contributed by atoms with Crippen LogP contribution in [0.5, 0.6) is 0 Å². The van der Waals surface area contributed by atoms with E-state index in [-0.39, 0.29) is 11.9 Å². The van der Waals surface area contributed by atoms with Gasteiger partial charge in [-0.3, -0.25) is 9.36 Å². The van der Waals surface area contributed by atoms with E-state index in [2.05, 4.69) is 44.7 Å². The first kappa shape index (κ1) is 24.2. The number of rotatable bonds is 11. The summed E-state index contributed by atoms with van der Waals surface area (Å²) in [5.41, 5.74) is 1.65. The van der Waals surface area contributed by atoms with Gasteiger partial charge in [-0.1, -0.05) is 20.8 Å². The molecule has 33 heavy (non-hydrogen) atoms. The number of carbonyl (C=O) groups is 2. The van der Waals surface area contributed by atoms with Crippen LogP contribution in [0.2, 0.25) is 0 Å². The van der Waals surface area contributed by atoms with Gasteiger partial charge in [0, 0.05) is 36.3 Å². The third-order valence-electron chi connectivity index (χ3n) is 5.41. The standard InChI is InChI=1S/C24H33N7O2/c1-4-12-25-24(33)31-14-11-18-15-19(9-10-20(18)31)28-21-16-22(27-17-26-21)29-23(32)8-7-13-30(5-2)6-3/h9-11,14-17H,4-8,12-13H2,1-3H3,(H,25,33)(H2,26,27,28,29,32). The molecule has 1 aromatic carbocycles. The van der Waals surface area contributed by atoms with E-state index >= 15 is 0 Å². The molecule has 0 bridgehead atoms. The molecule has 0 radical (unpaired) electrons. The van der Waals surface area contributed by atoms with Crippen LogP contribution in [0.15, 0.2) is 42.9 Å². The summed E-state index contributed by atoms with van der Waals surface area (Å²) in [6, 6.07) is 9.20. The lowest BCUT2D eigenvalue weighted by atomic mass is 10.2. The lowest BCUT2D eigenvalue weighted by molar-refractivity contribution is -0.116. The van der Waals surface area contributed by atoms with Gasteiger partial charge in [-0.05, 0) is 56.7 Å². The number of anilines is 3. The molecule has 2 aromatic heterocycles. The minimum absolute atomic E-state index is 0.0593. The van der Waals surface area contributed by atoms with Crippen molar-refractivity contribution in [3.63, 3.8) is 0 Å². The Labute approximate surface area is 194 Å². The van der Waals surface area contributed by atoms with E-state index in [1.165, 1.54) is 6.33 Å². The average molecular weight is 452 g/mol. The van der Waals surface area contributed by atoms with Crippen molar-refractivity contribution in [2.75, 3.05) is 36.8 Å². The van der Waals surface area contributed by atoms with Crippen LogP contribution in [0.25, 0.3) is 10.9 Å². The van der Waals surface area contributed by atoms with Gasteiger partial charge in [0.2, 0.25) is 5.91 Å². The van der Waals surface area contributed by atoms with Gasteiger partial charge in [-0.2, -0.15) is 0 Å². The number of nitrogens with one attached hydrogen (secondary N) is 3. The normalized spacial score (nSPS) is 11.0. The highest BCUT2D eigenvalue weighted by atomic mass is 16.2. The van der Waals surface area contributed by atoms with Gasteiger partial charge in [0.25, 0.3) is 0 Å². The maximum Gasteiger partial charge on any atom is 0.326 e. The minimum atomic E-state index is -0.138. The topological polar surface area (TPSA) is 104 Å². The average Bonchev–Trinajstić information content (AvgIpc) is 3.24. The molecule has 9 nitrogen and oxygen atoms in total. The summed E-state index contributed by atoms with van der Waals surface area (Å²) in [5, 5.41) is 9.90. The summed E-state index contributed by atoms with van der Waals surface area (Å²) < 4.78 is 1.60. The van der Waals surface area contributed by atoms with Crippen molar-refractivity contribution in [2.24, 2.45) is 0 Å². The number of nitrogens with zero attached hydrogens (tertiary/aromatic N) is 4. The van der Waals surface area contributed by atoms with E-state index in [1.807, 2.05) is 31.2 Å². The fourth-order valence-corrected chi connectivity index (χ4v) is 3.56. The van der Waals surface area contributed by atoms with Gasteiger partial charge >= 0.3 is 6.03 Å². The summed E-state index contributed by atoms with van der Waals surface area (Å²) >= 11 is 0. The molecule has 2 amide bonds. The molecule has 0 unspecified atom stereocenters. The van der Waals surface area contributed by atoms with Gasteiger partial charge in [-0.25, -0.2) is 14.8 Å². The fourth-order valence-electron chi connectivity index (χ4n) is 3.56. The van der Waals surface area contributed by atoms with Crippen LogP contribution in [-0.2, 0) is 4.79 Å². The zero-order valence-corrected chi connectivity index (χ0v) is 19.6. The molecule has 3 N–H and O–H groups in total. The van der Waals surface area contributed by atoms with E-state index in [0.29, 0.717) is 24.6 Å². The number of benzene rings is 1. The van der Waals surface area contributed by atoms with Crippen molar-refractivity contribution in [2.45, 2.75) is 40.0 Å². The molecule has 0 saturated heterocycles. The SMILES string of the molecule is CCCNC(=O)n1ccc2cc(Nc3cc(NC(=O)CCCN(CC)CC)ncn3)ccc21. The second-order valence-corrected chi connectivity index (χ2v) is 7.78. The van der Waals surface area contributed by atoms with Crippen molar-refractivity contribution < 1.29 is 9.59 Å². The molecule has 3 rings (SSSR count). The lowest BCUT2D eigenvalue weighted by Gasteiger charge is -2.17. The van der Waals surface area contributed by atoms with Crippen molar-refractivity contribution in [3.8, 4) is 0 Å². The Morgan fingerprint density at radius 3 is 2.58 bits per heavy atom. The molecule has 0 aliphatic carbocycles. The first-order chi connectivity index (χ1) is 16.0. The predicted molar refractivity (Wildman–Crippen MR) is 132 cm³/mol. The molecule has 0 saturated carbocycles. The molecule has 2 heterocycles. The van der Waals surface area contributed by atoms with Gasteiger partial charge in [0.15, 0.2) is 0 Å². The van der Waals surface area contributed by atoms with Crippen LogP contribution in [0.4, 0.5) is 22.1 Å². The van der Waals surface area contributed by atoms with Crippen LogP contribution >= 0.6 is 0 Å². The largest absolute Gasteiger partial charge is 0.340 e. The maximum atomic E-state index is 12.3. The van der Waals surface area contributed by atoms with E-state index < -0.39 is 0 Å². The van der Waals surface area contributed by atoms with Crippen LogP contribution in [0.1, 0.15) is 40.0 Å². The quantitative estimate of drug-likeness (QED) is 0.404. The van der Waals surface area contributed by atoms with Gasteiger partial charge in [0.05, 0.1) is 5.52 Å². The lowest BCUT2D eigenvalue weighted by Crippen LogP contribution is -2.28. The Kier molecular flexibility index (Phi) is 8.77. The number of aromatic nitrogens is 3. The summed E-state index contributed by atoms with van der Waals surface area (Å²) in [7, 11) is 0. The number of carbonyl (C=O) groups excluding carboxylic acids is 2. The highest BCUT2D eigenvalue weighted by Gasteiger charge is 2.10. The second-order valence-electron chi connectivity index (χ2n) is 7.78. The molecular weight excluding hydrogens is 418 g/mol. The Balaban J connectivity index is 1.60. The van der Waals surface area contributed by atoms with Crippen molar-refractivity contribution in [1.29, 1.82) is 0 Å². The smallest absolute Gasteiger partial charge is 0.326 e. The monoisotopic (exact) mass is 451 g/mol.